The number of unbranched alkanes of at least 4 members (excludes halogenated alkanes) is 3. The Balaban J connectivity index is 2.46. The van der Waals surface area contributed by atoms with Gasteiger partial charge in [-0.2, -0.15) is 0 Å². The molecule has 26 heavy (non-hydrogen) atoms. The number of carbonyl (C=O) groups excluding carboxylic acids is 2. The first-order chi connectivity index (χ1) is 12.5. The van der Waals surface area contributed by atoms with Crippen molar-refractivity contribution in [2.24, 2.45) is 0 Å². The van der Waals surface area contributed by atoms with E-state index < -0.39 is 11.8 Å². The minimum Gasteiger partial charge on any atom is -0.511 e. The molecule has 0 heterocycles. The molecule has 1 aromatic rings. The molecule has 5 nitrogen and oxygen atoms in total. The third-order valence-corrected chi connectivity index (χ3v) is 3.92. The predicted octanol–water partition coefficient (Wildman–Crippen LogP) is 4.68. The first-order valence-corrected chi connectivity index (χ1v) is 9.25. The van der Waals surface area contributed by atoms with E-state index in [1.54, 1.807) is 0 Å². The number of benzene rings is 1. The first kappa shape index (κ1) is 21.7. The van der Waals surface area contributed by atoms with Gasteiger partial charge in [0.15, 0.2) is 5.78 Å². The van der Waals surface area contributed by atoms with Crippen molar-refractivity contribution < 1.29 is 24.2 Å². The molecule has 1 N–H and O–H groups in total. The number of allylic oxidation sites excluding steroid dienone is 1. The number of Topliss-reactive ketones (excluding diaryl/α,β-unsaturated/α-hetero) is 1. The van der Waals surface area contributed by atoms with E-state index in [1.807, 2.05) is 31.2 Å². The second-order valence-electron chi connectivity index (χ2n) is 6.34. The monoisotopic (exact) mass is 362 g/mol. The summed E-state index contributed by atoms with van der Waals surface area (Å²) >= 11 is 0. The van der Waals surface area contributed by atoms with Crippen LogP contribution in [0.2, 0.25) is 0 Å². The Morgan fingerprint density at radius 3 is 2.31 bits per heavy atom. The van der Waals surface area contributed by atoms with Crippen LogP contribution >= 0.6 is 0 Å². The molecule has 0 unspecified atom stereocenters. The predicted molar refractivity (Wildman–Crippen MR) is 101 cm³/mol. The molecule has 0 saturated heterocycles. The topological polar surface area (TPSA) is 72.8 Å². The molecule has 0 bridgehead atoms. The van der Waals surface area contributed by atoms with Crippen LogP contribution in [0.3, 0.4) is 0 Å². The van der Waals surface area contributed by atoms with E-state index in [0.29, 0.717) is 13.0 Å². The van der Waals surface area contributed by atoms with E-state index in [1.165, 1.54) is 6.92 Å². The molecule has 0 aromatic heterocycles. The van der Waals surface area contributed by atoms with E-state index in [4.69, 9.17) is 9.47 Å². The SMILES string of the molecule is CCCCCCOC(=O)/C(C(C)=O)=C(/O)CCCOc1ccc(C)cc1. The van der Waals surface area contributed by atoms with E-state index in [9.17, 15) is 14.7 Å². The van der Waals surface area contributed by atoms with Crippen LogP contribution in [0.15, 0.2) is 35.6 Å². The number of hydrogen-bond acceptors (Lipinski definition) is 5. The number of esters is 1. The highest BCUT2D eigenvalue weighted by molar-refractivity contribution is 6.16. The fraction of sp³-hybridized carbons (Fsp3) is 0.524. The number of ether oxygens (including phenoxy) is 2. The number of rotatable bonds is 12. The normalized spacial score (nSPS) is 11.7. The van der Waals surface area contributed by atoms with Crippen molar-refractivity contribution in [3.63, 3.8) is 0 Å². The number of hydrogen-bond donors (Lipinski definition) is 1. The zero-order valence-electron chi connectivity index (χ0n) is 16.0. The van der Waals surface area contributed by atoms with Gasteiger partial charge in [0, 0.05) is 6.42 Å². The highest BCUT2D eigenvalue weighted by Gasteiger charge is 2.21. The Labute approximate surface area is 156 Å². The number of ketones is 1. The molecule has 1 aromatic carbocycles. The maximum atomic E-state index is 12.1. The molecule has 5 heteroatoms. The fourth-order valence-electron chi connectivity index (χ4n) is 2.42. The van der Waals surface area contributed by atoms with Crippen LogP contribution in [0.4, 0.5) is 0 Å². The summed E-state index contributed by atoms with van der Waals surface area (Å²) in [4.78, 5) is 23.8. The Bertz CT molecular complexity index is 601. The second kappa shape index (κ2) is 12.1. The van der Waals surface area contributed by atoms with Crippen molar-refractivity contribution >= 4 is 11.8 Å². The van der Waals surface area contributed by atoms with Crippen molar-refractivity contribution in [2.75, 3.05) is 13.2 Å². The van der Waals surface area contributed by atoms with Gasteiger partial charge < -0.3 is 14.6 Å². The molecule has 144 valence electrons. The van der Waals surface area contributed by atoms with Crippen LogP contribution in [0.25, 0.3) is 0 Å². The standard InChI is InChI=1S/C21H30O5/c1-4-5-6-7-14-26-21(24)20(17(3)22)19(23)9-8-15-25-18-12-10-16(2)11-13-18/h10-13,23H,4-9,14-15H2,1-3H3/b20-19+. The van der Waals surface area contributed by atoms with Gasteiger partial charge in [0.25, 0.3) is 0 Å². The van der Waals surface area contributed by atoms with Crippen LogP contribution in [-0.2, 0) is 14.3 Å². The lowest BCUT2D eigenvalue weighted by Gasteiger charge is -2.10. The third-order valence-electron chi connectivity index (χ3n) is 3.92. The molecular formula is C21H30O5. The first-order valence-electron chi connectivity index (χ1n) is 9.25. The maximum absolute atomic E-state index is 12.1. The quantitative estimate of drug-likeness (QED) is 0.146. The smallest absolute Gasteiger partial charge is 0.345 e. The van der Waals surface area contributed by atoms with Crippen molar-refractivity contribution in [1.29, 1.82) is 0 Å². The van der Waals surface area contributed by atoms with Gasteiger partial charge in [0.1, 0.15) is 17.1 Å². The third kappa shape index (κ3) is 8.19. The largest absolute Gasteiger partial charge is 0.511 e. The van der Waals surface area contributed by atoms with Crippen LogP contribution in [-0.4, -0.2) is 30.1 Å². The van der Waals surface area contributed by atoms with Gasteiger partial charge in [-0.25, -0.2) is 4.79 Å². The number of aryl methyl sites for hydroxylation is 1. The Hall–Kier alpha value is -2.30. The average molecular weight is 362 g/mol. The Kier molecular flexibility index (Phi) is 10.1. The molecule has 0 amide bonds. The van der Waals surface area contributed by atoms with Crippen molar-refractivity contribution in [3.8, 4) is 5.75 Å². The van der Waals surface area contributed by atoms with Crippen molar-refractivity contribution in [3.05, 3.63) is 41.2 Å². The van der Waals surface area contributed by atoms with Gasteiger partial charge in [-0.05, 0) is 38.8 Å². The maximum Gasteiger partial charge on any atom is 0.345 e. The summed E-state index contributed by atoms with van der Waals surface area (Å²) < 4.78 is 10.7. The Morgan fingerprint density at radius 2 is 1.69 bits per heavy atom. The molecule has 0 saturated carbocycles. The van der Waals surface area contributed by atoms with Gasteiger partial charge in [0.2, 0.25) is 0 Å². The lowest BCUT2D eigenvalue weighted by atomic mass is 10.1. The number of carbonyl (C=O) groups is 2. The molecular weight excluding hydrogens is 332 g/mol. The van der Waals surface area contributed by atoms with E-state index in [2.05, 4.69) is 6.92 Å². The van der Waals surface area contributed by atoms with Gasteiger partial charge in [-0.15, -0.1) is 0 Å². The number of aliphatic hydroxyl groups excluding tert-OH is 1. The molecule has 0 spiro atoms. The van der Waals surface area contributed by atoms with Crippen molar-refractivity contribution in [1.82, 2.24) is 0 Å². The lowest BCUT2D eigenvalue weighted by molar-refractivity contribution is -0.140. The van der Waals surface area contributed by atoms with Crippen LogP contribution in [0.1, 0.15) is 57.9 Å². The molecule has 0 fully saturated rings. The zero-order valence-corrected chi connectivity index (χ0v) is 16.0. The fourth-order valence-corrected chi connectivity index (χ4v) is 2.42. The van der Waals surface area contributed by atoms with E-state index in [0.717, 1.165) is 37.0 Å². The minimum absolute atomic E-state index is 0.186. The van der Waals surface area contributed by atoms with Gasteiger partial charge in [-0.1, -0.05) is 43.9 Å². The summed E-state index contributed by atoms with van der Waals surface area (Å²) in [6.45, 7) is 6.00. The molecule has 0 aliphatic heterocycles. The van der Waals surface area contributed by atoms with Gasteiger partial charge in [-0.3, -0.25) is 4.79 Å². The van der Waals surface area contributed by atoms with E-state index in [-0.39, 0.29) is 24.4 Å². The van der Waals surface area contributed by atoms with Crippen LogP contribution < -0.4 is 4.74 Å². The van der Waals surface area contributed by atoms with Crippen molar-refractivity contribution in [2.45, 2.75) is 59.3 Å². The lowest BCUT2D eigenvalue weighted by Crippen LogP contribution is -2.17. The summed E-state index contributed by atoms with van der Waals surface area (Å²) in [5.74, 6) is -0.715. The minimum atomic E-state index is -0.744. The van der Waals surface area contributed by atoms with E-state index >= 15 is 0 Å². The Morgan fingerprint density at radius 1 is 1.00 bits per heavy atom. The summed E-state index contributed by atoms with van der Waals surface area (Å²) in [5, 5.41) is 10.1. The molecule has 0 aliphatic rings. The molecule has 1 rings (SSSR count). The molecule has 0 radical (unpaired) electrons. The second-order valence-corrected chi connectivity index (χ2v) is 6.34. The highest BCUT2D eigenvalue weighted by Crippen LogP contribution is 2.15. The molecule has 0 aliphatic carbocycles. The molecule has 0 atom stereocenters. The summed E-state index contributed by atoms with van der Waals surface area (Å²) in [6, 6.07) is 7.66. The average Bonchev–Trinajstić information content (AvgIpc) is 2.60. The summed E-state index contributed by atoms with van der Waals surface area (Å²) in [6.07, 6.45) is 4.59. The van der Waals surface area contributed by atoms with Crippen LogP contribution in [0, 0.1) is 6.92 Å². The summed E-state index contributed by atoms with van der Waals surface area (Å²) in [7, 11) is 0. The van der Waals surface area contributed by atoms with Gasteiger partial charge >= 0.3 is 5.97 Å². The zero-order chi connectivity index (χ0) is 19.4. The highest BCUT2D eigenvalue weighted by atomic mass is 16.5. The van der Waals surface area contributed by atoms with Gasteiger partial charge in [0.05, 0.1) is 13.2 Å². The number of aliphatic hydroxyl groups is 1. The summed E-state index contributed by atoms with van der Waals surface area (Å²) in [5.41, 5.74) is 0.896. The van der Waals surface area contributed by atoms with Crippen LogP contribution in [0.5, 0.6) is 5.75 Å².